The van der Waals surface area contributed by atoms with Crippen LogP contribution in [0, 0.1) is 5.92 Å². The standard InChI is InChI=1S/C25H28ClNO5/c1-3-4-16-5-6-17(22(9-16)30-2)14-31-20-7-8-21-23(10-20)32-15-19(24(21)26)13-27-11-18(12-27)25(28)29/h5-10,18H,3-4,11-15H2,1-2H3,(H,28,29). The zero-order chi connectivity index (χ0) is 22.7. The van der Waals surface area contributed by atoms with Crippen LogP contribution in [0.15, 0.2) is 42.0 Å². The number of ether oxygens (including phenoxy) is 3. The number of fused-ring (bicyclic) bond motifs is 1. The molecule has 0 aromatic heterocycles. The number of aliphatic carboxylic acids is 1. The third-order valence-electron chi connectivity index (χ3n) is 5.91. The number of nitrogens with zero attached hydrogens (tertiary/aromatic N) is 1. The van der Waals surface area contributed by atoms with Crippen molar-refractivity contribution in [1.29, 1.82) is 0 Å². The number of benzene rings is 2. The van der Waals surface area contributed by atoms with Gasteiger partial charge in [0.05, 0.1) is 18.1 Å². The predicted octanol–water partition coefficient (Wildman–Crippen LogP) is 4.59. The molecular weight excluding hydrogens is 430 g/mol. The molecule has 1 saturated heterocycles. The van der Waals surface area contributed by atoms with Gasteiger partial charge < -0.3 is 19.3 Å². The maximum Gasteiger partial charge on any atom is 0.309 e. The third-order valence-corrected chi connectivity index (χ3v) is 6.38. The predicted molar refractivity (Wildman–Crippen MR) is 124 cm³/mol. The Morgan fingerprint density at radius 3 is 2.78 bits per heavy atom. The van der Waals surface area contributed by atoms with E-state index in [9.17, 15) is 4.79 Å². The molecule has 0 atom stereocenters. The molecule has 2 aromatic rings. The van der Waals surface area contributed by atoms with Gasteiger partial charge in [-0.1, -0.05) is 37.1 Å². The molecule has 2 aliphatic rings. The maximum atomic E-state index is 11.0. The molecule has 1 N–H and O–H groups in total. The van der Waals surface area contributed by atoms with Crippen molar-refractivity contribution in [2.24, 2.45) is 5.92 Å². The van der Waals surface area contributed by atoms with Crippen LogP contribution in [0.5, 0.6) is 17.2 Å². The molecule has 32 heavy (non-hydrogen) atoms. The summed E-state index contributed by atoms with van der Waals surface area (Å²) in [7, 11) is 1.68. The molecule has 0 amide bonds. The Bertz CT molecular complexity index is 1030. The monoisotopic (exact) mass is 457 g/mol. The van der Waals surface area contributed by atoms with E-state index in [0.717, 1.165) is 35.3 Å². The largest absolute Gasteiger partial charge is 0.496 e. The number of hydrogen-bond donors (Lipinski definition) is 1. The molecule has 0 saturated carbocycles. The highest BCUT2D eigenvalue weighted by atomic mass is 35.5. The molecule has 6 nitrogen and oxygen atoms in total. The molecule has 0 bridgehead atoms. The van der Waals surface area contributed by atoms with E-state index < -0.39 is 5.97 Å². The van der Waals surface area contributed by atoms with Crippen LogP contribution in [-0.2, 0) is 17.8 Å². The van der Waals surface area contributed by atoms with E-state index >= 15 is 0 Å². The highest BCUT2D eigenvalue weighted by molar-refractivity contribution is 6.49. The second kappa shape index (κ2) is 9.84. The van der Waals surface area contributed by atoms with Crippen molar-refractivity contribution >= 4 is 22.6 Å². The lowest BCUT2D eigenvalue weighted by Gasteiger charge is -2.38. The lowest BCUT2D eigenvalue weighted by molar-refractivity contribution is -0.147. The summed E-state index contributed by atoms with van der Waals surface area (Å²) < 4.78 is 17.5. The quantitative estimate of drug-likeness (QED) is 0.594. The van der Waals surface area contributed by atoms with Crippen molar-refractivity contribution in [3.63, 3.8) is 0 Å². The number of carbonyl (C=O) groups is 1. The second-order valence-electron chi connectivity index (χ2n) is 8.28. The Hall–Kier alpha value is -2.70. The topological polar surface area (TPSA) is 68.2 Å². The first-order valence-electron chi connectivity index (χ1n) is 10.9. The van der Waals surface area contributed by atoms with E-state index in [0.29, 0.717) is 49.4 Å². The zero-order valence-corrected chi connectivity index (χ0v) is 19.2. The smallest absolute Gasteiger partial charge is 0.309 e. The van der Waals surface area contributed by atoms with Crippen LogP contribution in [0.25, 0.3) is 5.03 Å². The summed E-state index contributed by atoms with van der Waals surface area (Å²) in [6, 6.07) is 11.9. The highest BCUT2D eigenvalue weighted by Gasteiger charge is 2.33. The Morgan fingerprint density at radius 1 is 1.25 bits per heavy atom. The number of aryl methyl sites for hydroxylation is 1. The average molecular weight is 458 g/mol. The number of carboxylic acids is 1. The van der Waals surface area contributed by atoms with Crippen molar-refractivity contribution in [1.82, 2.24) is 4.90 Å². The van der Waals surface area contributed by atoms with Crippen molar-refractivity contribution < 1.29 is 24.1 Å². The number of hydrogen-bond acceptors (Lipinski definition) is 5. The van der Waals surface area contributed by atoms with Gasteiger partial charge in [-0.05, 0) is 30.2 Å². The van der Waals surface area contributed by atoms with Gasteiger partial charge >= 0.3 is 5.97 Å². The summed E-state index contributed by atoms with van der Waals surface area (Å²) in [4.78, 5) is 13.1. The van der Waals surface area contributed by atoms with Crippen molar-refractivity contribution in [3.8, 4) is 17.2 Å². The molecule has 0 radical (unpaired) electrons. The van der Waals surface area contributed by atoms with Gasteiger partial charge in [0.2, 0.25) is 0 Å². The van der Waals surface area contributed by atoms with Gasteiger partial charge in [0.15, 0.2) is 0 Å². The van der Waals surface area contributed by atoms with Crippen LogP contribution in [0.3, 0.4) is 0 Å². The van der Waals surface area contributed by atoms with Crippen LogP contribution in [-0.4, -0.2) is 49.3 Å². The van der Waals surface area contributed by atoms with Gasteiger partial charge in [0, 0.05) is 42.4 Å². The minimum absolute atomic E-state index is 0.285. The molecule has 2 aromatic carbocycles. The SMILES string of the molecule is CCCc1ccc(COc2ccc3c(c2)OCC(CN2CC(C(=O)O)C2)=C3Cl)c(OC)c1. The Labute approximate surface area is 193 Å². The molecule has 1 fully saturated rings. The summed E-state index contributed by atoms with van der Waals surface area (Å²) in [6.45, 7) is 4.65. The van der Waals surface area contributed by atoms with E-state index in [4.69, 9.17) is 30.9 Å². The van der Waals surface area contributed by atoms with Crippen LogP contribution in [0.2, 0.25) is 0 Å². The first kappa shape index (κ1) is 22.5. The molecule has 0 unspecified atom stereocenters. The normalized spacial score (nSPS) is 16.2. The molecule has 2 aliphatic heterocycles. The second-order valence-corrected chi connectivity index (χ2v) is 8.66. The summed E-state index contributed by atoms with van der Waals surface area (Å²) in [5.41, 5.74) is 4.04. The van der Waals surface area contributed by atoms with E-state index in [-0.39, 0.29) is 5.92 Å². The number of likely N-dealkylation sites (tertiary alicyclic amines) is 1. The number of rotatable bonds is 9. The van der Waals surface area contributed by atoms with E-state index in [1.807, 2.05) is 18.2 Å². The maximum absolute atomic E-state index is 11.0. The molecule has 0 aliphatic carbocycles. The van der Waals surface area contributed by atoms with E-state index in [1.54, 1.807) is 7.11 Å². The molecule has 0 spiro atoms. The molecule has 2 heterocycles. The average Bonchev–Trinajstić information content (AvgIpc) is 2.76. The fourth-order valence-electron chi connectivity index (χ4n) is 4.07. The van der Waals surface area contributed by atoms with E-state index in [1.165, 1.54) is 5.56 Å². The lowest BCUT2D eigenvalue weighted by atomic mass is 9.98. The molecule has 170 valence electrons. The van der Waals surface area contributed by atoms with Crippen LogP contribution < -0.4 is 14.2 Å². The minimum Gasteiger partial charge on any atom is -0.496 e. The first-order valence-corrected chi connectivity index (χ1v) is 11.2. The summed E-state index contributed by atoms with van der Waals surface area (Å²) in [5, 5.41) is 9.71. The van der Waals surface area contributed by atoms with Gasteiger partial charge in [-0.2, -0.15) is 0 Å². The van der Waals surface area contributed by atoms with Gasteiger partial charge in [0.1, 0.15) is 30.5 Å². The summed E-state index contributed by atoms with van der Waals surface area (Å²) in [5.74, 6) is 1.19. The van der Waals surface area contributed by atoms with Crippen molar-refractivity contribution in [2.75, 3.05) is 33.4 Å². The van der Waals surface area contributed by atoms with Crippen LogP contribution in [0.1, 0.15) is 30.0 Å². The fourth-order valence-corrected chi connectivity index (χ4v) is 4.34. The van der Waals surface area contributed by atoms with Gasteiger partial charge in [0.25, 0.3) is 0 Å². The van der Waals surface area contributed by atoms with E-state index in [2.05, 4.69) is 30.0 Å². The zero-order valence-electron chi connectivity index (χ0n) is 18.4. The summed E-state index contributed by atoms with van der Waals surface area (Å²) >= 11 is 6.64. The third kappa shape index (κ3) is 4.87. The Morgan fingerprint density at radius 2 is 2.06 bits per heavy atom. The highest BCUT2D eigenvalue weighted by Crippen LogP contribution is 2.39. The van der Waals surface area contributed by atoms with Crippen molar-refractivity contribution in [2.45, 2.75) is 26.4 Å². The Balaban J connectivity index is 1.41. The van der Waals surface area contributed by atoms with Crippen LogP contribution >= 0.6 is 11.6 Å². The molecule has 4 rings (SSSR count). The van der Waals surface area contributed by atoms with Gasteiger partial charge in [-0.25, -0.2) is 0 Å². The number of carboxylic acid groups (broad SMARTS) is 1. The Kier molecular flexibility index (Phi) is 6.92. The lowest BCUT2D eigenvalue weighted by Crippen LogP contribution is -2.51. The number of methoxy groups -OCH3 is 1. The minimum atomic E-state index is -0.742. The molecular formula is C25H28ClNO5. The fraction of sp³-hybridized carbons (Fsp3) is 0.400. The van der Waals surface area contributed by atoms with Crippen LogP contribution in [0.4, 0.5) is 0 Å². The van der Waals surface area contributed by atoms with Gasteiger partial charge in [-0.15, -0.1) is 0 Å². The first-order chi connectivity index (χ1) is 15.5. The van der Waals surface area contributed by atoms with Crippen molar-refractivity contribution in [3.05, 3.63) is 58.7 Å². The van der Waals surface area contributed by atoms with Gasteiger partial charge in [-0.3, -0.25) is 9.69 Å². The molecule has 7 heteroatoms. The summed E-state index contributed by atoms with van der Waals surface area (Å²) in [6.07, 6.45) is 2.11. The number of halogens is 1.